The van der Waals surface area contributed by atoms with Crippen molar-refractivity contribution in [2.45, 2.75) is 19.3 Å². The Morgan fingerprint density at radius 3 is 2.79 bits per heavy atom. The van der Waals surface area contributed by atoms with E-state index < -0.39 is 5.91 Å². The molecule has 2 aromatic carbocycles. The average Bonchev–Trinajstić information content (AvgIpc) is 3.37. The number of carbonyl (C=O) groups is 1. The quantitative estimate of drug-likeness (QED) is 0.559. The lowest BCUT2D eigenvalue weighted by Gasteiger charge is -2.04. The Labute approximate surface area is 164 Å². The molecule has 6 nitrogen and oxygen atoms in total. The Kier molecular flexibility index (Phi) is 4.02. The first-order valence-corrected chi connectivity index (χ1v) is 9.93. The molecule has 0 spiro atoms. The van der Waals surface area contributed by atoms with Crippen molar-refractivity contribution >= 4 is 33.1 Å². The molecule has 2 heterocycles. The predicted octanol–water partition coefficient (Wildman–Crippen LogP) is 3.79. The van der Waals surface area contributed by atoms with Gasteiger partial charge in [-0.25, -0.2) is 10.1 Å². The molecule has 0 radical (unpaired) electrons. The first kappa shape index (κ1) is 16.8. The Balaban J connectivity index is 1.43. The highest BCUT2D eigenvalue weighted by Gasteiger charge is 2.17. The van der Waals surface area contributed by atoms with Crippen LogP contribution in [0.3, 0.4) is 0 Å². The zero-order valence-electron chi connectivity index (χ0n) is 14.9. The lowest BCUT2D eigenvalue weighted by molar-refractivity contribution is 0.102. The van der Waals surface area contributed by atoms with E-state index in [0.29, 0.717) is 15.9 Å². The first-order chi connectivity index (χ1) is 13.7. The maximum Gasteiger partial charge on any atom is 0.278 e. The minimum Gasteiger partial charge on any atom is -0.296 e. The van der Waals surface area contributed by atoms with E-state index in [1.807, 2.05) is 5.38 Å². The third-order valence-corrected chi connectivity index (χ3v) is 5.79. The summed E-state index contributed by atoms with van der Waals surface area (Å²) >= 11 is 1.37. The number of aryl methyl sites for hydroxylation is 2. The van der Waals surface area contributed by atoms with E-state index in [4.69, 9.17) is 0 Å². The molecule has 1 aliphatic carbocycles. The van der Waals surface area contributed by atoms with Gasteiger partial charge in [-0.1, -0.05) is 30.3 Å². The number of carbonyl (C=O) groups excluding carboxylic acids is 1. The van der Waals surface area contributed by atoms with Crippen LogP contribution in [-0.2, 0) is 12.8 Å². The Hall–Kier alpha value is -3.32. The molecule has 2 aromatic heterocycles. The van der Waals surface area contributed by atoms with Crippen LogP contribution >= 0.6 is 11.3 Å². The number of aromatic amines is 1. The topological polar surface area (TPSA) is 87.7 Å². The van der Waals surface area contributed by atoms with E-state index in [-0.39, 0.29) is 11.3 Å². The minimum absolute atomic E-state index is 0.171. The first-order valence-electron chi connectivity index (χ1n) is 9.05. The predicted molar refractivity (Wildman–Crippen MR) is 110 cm³/mol. The van der Waals surface area contributed by atoms with Crippen molar-refractivity contribution < 1.29 is 4.79 Å². The van der Waals surface area contributed by atoms with Crippen LogP contribution in [0.1, 0.15) is 28.0 Å². The van der Waals surface area contributed by atoms with Crippen molar-refractivity contribution in [3.63, 3.8) is 0 Å². The van der Waals surface area contributed by atoms with Gasteiger partial charge in [0, 0.05) is 16.3 Å². The van der Waals surface area contributed by atoms with Gasteiger partial charge in [0.1, 0.15) is 0 Å². The largest absolute Gasteiger partial charge is 0.296 e. The fourth-order valence-electron chi connectivity index (χ4n) is 3.64. The van der Waals surface area contributed by atoms with Crippen molar-refractivity contribution in [2.24, 2.45) is 0 Å². The van der Waals surface area contributed by atoms with Crippen molar-refractivity contribution in [1.29, 1.82) is 0 Å². The maximum absolute atomic E-state index is 12.7. The number of anilines is 1. The van der Waals surface area contributed by atoms with Gasteiger partial charge in [-0.3, -0.25) is 14.9 Å². The number of rotatable bonds is 3. The second-order valence-electron chi connectivity index (χ2n) is 6.78. The van der Waals surface area contributed by atoms with Crippen LogP contribution in [-0.4, -0.2) is 21.1 Å². The summed E-state index contributed by atoms with van der Waals surface area (Å²) in [7, 11) is 0. The van der Waals surface area contributed by atoms with Crippen LogP contribution in [0.15, 0.2) is 52.6 Å². The Morgan fingerprint density at radius 1 is 1.07 bits per heavy atom. The van der Waals surface area contributed by atoms with Gasteiger partial charge in [-0.15, -0.1) is 11.3 Å². The number of aromatic nitrogens is 3. The molecule has 5 rings (SSSR count). The molecule has 1 amide bonds. The van der Waals surface area contributed by atoms with Crippen molar-refractivity contribution in [1.82, 2.24) is 15.2 Å². The molecule has 0 saturated heterocycles. The monoisotopic (exact) mass is 388 g/mol. The van der Waals surface area contributed by atoms with Crippen LogP contribution in [0.4, 0.5) is 5.13 Å². The summed E-state index contributed by atoms with van der Waals surface area (Å²) in [6, 6.07) is 13.4. The smallest absolute Gasteiger partial charge is 0.278 e. The van der Waals surface area contributed by atoms with Crippen molar-refractivity contribution in [3.8, 4) is 11.3 Å². The molecule has 138 valence electrons. The van der Waals surface area contributed by atoms with E-state index in [0.717, 1.165) is 24.1 Å². The molecule has 0 unspecified atom stereocenters. The second kappa shape index (κ2) is 6.69. The fourth-order valence-corrected chi connectivity index (χ4v) is 4.35. The van der Waals surface area contributed by atoms with E-state index in [2.05, 4.69) is 38.7 Å². The molecule has 7 heteroatoms. The van der Waals surface area contributed by atoms with Gasteiger partial charge < -0.3 is 0 Å². The van der Waals surface area contributed by atoms with Crippen LogP contribution in [0.2, 0.25) is 0 Å². The number of benzene rings is 2. The average molecular weight is 388 g/mol. The van der Waals surface area contributed by atoms with E-state index in [1.54, 1.807) is 24.3 Å². The third-order valence-electron chi connectivity index (χ3n) is 5.03. The second-order valence-corrected chi connectivity index (χ2v) is 7.63. The molecule has 4 aromatic rings. The van der Waals surface area contributed by atoms with Crippen LogP contribution < -0.4 is 10.9 Å². The number of H-pyrrole nitrogens is 1. The highest BCUT2D eigenvalue weighted by atomic mass is 32.1. The molecule has 0 bridgehead atoms. The molecule has 0 atom stereocenters. The molecular weight excluding hydrogens is 372 g/mol. The number of amides is 1. The lowest BCUT2D eigenvalue weighted by atomic mass is 10.1. The van der Waals surface area contributed by atoms with Gasteiger partial charge >= 0.3 is 0 Å². The van der Waals surface area contributed by atoms with E-state index in [9.17, 15) is 9.59 Å². The van der Waals surface area contributed by atoms with Crippen molar-refractivity contribution in [2.75, 3.05) is 5.32 Å². The number of hydrogen-bond donors (Lipinski definition) is 2. The molecule has 1 aliphatic rings. The Morgan fingerprint density at radius 2 is 1.89 bits per heavy atom. The molecular formula is C21H16N4O2S. The van der Waals surface area contributed by atoms with Crippen LogP contribution in [0, 0.1) is 0 Å². The summed E-state index contributed by atoms with van der Waals surface area (Å²) in [5.74, 6) is -0.401. The Bertz CT molecular complexity index is 1270. The summed E-state index contributed by atoms with van der Waals surface area (Å²) in [6.07, 6.45) is 3.47. The van der Waals surface area contributed by atoms with E-state index >= 15 is 0 Å². The van der Waals surface area contributed by atoms with Crippen LogP contribution in [0.5, 0.6) is 0 Å². The van der Waals surface area contributed by atoms with Gasteiger partial charge in [0.15, 0.2) is 10.8 Å². The highest BCUT2D eigenvalue weighted by Crippen LogP contribution is 2.30. The standard InChI is InChI=1S/C21H16N4O2S/c26-19-16-7-2-1-6-15(16)18(24-25-19)20(27)23-21-22-17(11-28-21)14-9-8-12-4-3-5-13(12)10-14/h1-2,6-11H,3-5H2,(H,25,26)(H,22,23,27). The lowest BCUT2D eigenvalue weighted by Crippen LogP contribution is -2.19. The number of thiazole rings is 1. The van der Waals surface area contributed by atoms with Gasteiger partial charge in [-0.05, 0) is 42.5 Å². The highest BCUT2D eigenvalue weighted by molar-refractivity contribution is 7.14. The summed E-state index contributed by atoms with van der Waals surface area (Å²) in [4.78, 5) is 29.2. The van der Waals surface area contributed by atoms with Crippen molar-refractivity contribution in [3.05, 3.63) is 75.0 Å². The van der Waals surface area contributed by atoms with Gasteiger partial charge in [-0.2, -0.15) is 5.10 Å². The zero-order valence-corrected chi connectivity index (χ0v) is 15.7. The SMILES string of the molecule is O=C(Nc1nc(-c2ccc3c(c2)CCC3)cs1)c1n[nH]c(=O)c2ccccc12. The summed E-state index contributed by atoms with van der Waals surface area (Å²) in [6.45, 7) is 0. The molecule has 0 aliphatic heterocycles. The number of hydrogen-bond acceptors (Lipinski definition) is 5. The van der Waals surface area contributed by atoms with Gasteiger partial charge in [0.2, 0.25) is 0 Å². The molecule has 0 saturated carbocycles. The molecule has 0 fully saturated rings. The summed E-state index contributed by atoms with van der Waals surface area (Å²) < 4.78 is 0. The number of fused-ring (bicyclic) bond motifs is 2. The zero-order chi connectivity index (χ0) is 19.1. The van der Waals surface area contributed by atoms with E-state index in [1.165, 1.54) is 28.9 Å². The molecule has 2 N–H and O–H groups in total. The number of nitrogens with zero attached hydrogens (tertiary/aromatic N) is 2. The van der Waals surface area contributed by atoms with Gasteiger partial charge in [0.25, 0.3) is 11.5 Å². The maximum atomic E-state index is 12.7. The van der Waals surface area contributed by atoms with Gasteiger partial charge in [0.05, 0.1) is 11.1 Å². The summed E-state index contributed by atoms with van der Waals surface area (Å²) in [5.41, 5.74) is 4.56. The number of nitrogens with one attached hydrogen (secondary N) is 2. The molecule has 28 heavy (non-hydrogen) atoms. The normalized spacial score (nSPS) is 12.9. The fraction of sp³-hybridized carbons (Fsp3) is 0.143. The van der Waals surface area contributed by atoms with Crippen LogP contribution in [0.25, 0.3) is 22.0 Å². The minimum atomic E-state index is -0.401. The summed E-state index contributed by atoms with van der Waals surface area (Å²) in [5, 5.41) is 12.5. The third kappa shape index (κ3) is 2.90.